The molecule has 1 aromatic rings. The van der Waals surface area contributed by atoms with Gasteiger partial charge in [0.25, 0.3) is 0 Å². The number of halogens is 1. The SMILES string of the molecule is CN(C)CCOCc1ccccn1.Cl. The maximum absolute atomic E-state index is 5.43. The highest BCUT2D eigenvalue weighted by atomic mass is 35.5. The van der Waals surface area contributed by atoms with Crippen molar-refractivity contribution < 1.29 is 4.74 Å². The predicted molar refractivity (Wildman–Crippen MR) is 59.7 cm³/mol. The van der Waals surface area contributed by atoms with Gasteiger partial charge in [0.2, 0.25) is 0 Å². The fourth-order valence-corrected chi connectivity index (χ4v) is 0.907. The molecule has 0 aromatic carbocycles. The van der Waals surface area contributed by atoms with Crippen LogP contribution in [-0.2, 0) is 11.3 Å². The third-order valence-corrected chi connectivity index (χ3v) is 1.66. The molecule has 0 fully saturated rings. The maximum Gasteiger partial charge on any atom is 0.0888 e. The van der Waals surface area contributed by atoms with Crippen LogP contribution in [0.4, 0.5) is 0 Å². The first-order valence-electron chi connectivity index (χ1n) is 4.41. The number of pyridine rings is 1. The Bertz CT molecular complexity index is 229. The second kappa shape index (κ2) is 7.74. The zero-order valence-electron chi connectivity index (χ0n) is 8.64. The average Bonchev–Trinajstić information content (AvgIpc) is 2.14. The highest BCUT2D eigenvalue weighted by Gasteiger charge is 1.93. The largest absolute Gasteiger partial charge is 0.374 e. The molecule has 0 aliphatic heterocycles. The Morgan fingerprint density at radius 3 is 2.71 bits per heavy atom. The van der Waals surface area contributed by atoms with Gasteiger partial charge in [-0.25, -0.2) is 0 Å². The monoisotopic (exact) mass is 216 g/mol. The number of nitrogens with zero attached hydrogens (tertiary/aromatic N) is 2. The Morgan fingerprint density at radius 2 is 2.14 bits per heavy atom. The fraction of sp³-hybridized carbons (Fsp3) is 0.500. The zero-order valence-corrected chi connectivity index (χ0v) is 9.46. The number of hydrogen-bond acceptors (Lipinski definition) is 3. The molecular formula is C10H17ClN2O. The van der Waals surface area contributed by atoms with E-state index >= 15 is 0 Å². The number of hydrogen-bond donors (Lipinski definition) is 0. The second-order valence-corrected chi connectivity index (χ2v) is 3.18. The Hall–Kier alpha value is -0.640. The van der Waals surface area contributed by atoms with E-state index in [1.807, 2.05) is 32.3 Å². The van der Waals surface area contributed by atoms with Crippen LogP contribution in [0.25, 0.3) is 0 Å². The molecule has 0 radical (unpaired) electrons. The molecule has 0 aliphatic rings. The van der Waals surface area contributed by atoms with Crippen LogP contribution in [0.1, 0.15) is 5.69 Å². The van der Waals surface area contributed by atoms with Crippen LogP contribution in [0.2, 0.25) is 0 Å². The van der Waals surface area contributed by atoms with E-state index in [9.17, 15) is 0 Å². The molecule has 0 atom stereocenters. The van der Waals surface area contributed by atoms with Crippen molar-refractivity contribution in [3.05, 3.63) is 30.1 Å². The molecule has 0 amide bonds. The van der Waals surface area contributed by atoms with Crippen molar-refractivity contribution in [1.82, 2.24) is 9.88 Å². The fourth-order valence-electron chi connectivity index (χ4n) is 0.907. The molecule has 14 heavy (non-hydrogen) atoms. The van der Waals surface area contributed by atoms with Gasteiger partial charge in [0, 0.05) is 12.7 Å². The first-order chi connectivity index (χ1) is 6.29. The van der Waals surface area contributed by atoms with Gasteiger partial charge in [-0.05, 0) is 26.2 Å². The van der Waals surface area contributed by atoms with Gasteiger partial charge in [-0.15, -0.1) is 12.4 Å². The van der Waals surface area contributed by atoms with Crippen LogP contribution in [0, 0.1) is 0 Å². The number of likely N-dealkylation sites (N-methyl/N-ethyl adjacent to an activating group) is 1. The molecule has 0 saturated carbocycles. The summed E-state index contributed by atoms with van der Waals surface area (Å²) in [4.78, 5) is 6.25. The second-order valence-electron chi connectivity index (χ2n) is 3.18. The summed E-state index contributed by atoms with van der Waals surface area (Å²) in [5, 5.41) is 0. The summed E-state index contributed by atoms with van der Waals surface area (Å²) in [7, 11) is 4.06. The Morgan fingerprint density at radius 1 is 1.36 bits per heavy atom. The Labute approximate surface area is 91.5 Å². The van der Waals surface area contributed by atoms with Gasteiger partial charge in [-0.3, -0.25) is 4.98 Å². The van der Waals surface area contributed by atoms with Gasteiger partial charge in [-0.1, -0.05) is 6.07 Å². The quantitative estimate of drug-likeness (QED) is 0.699. The number of ether oxygens (including phenoxy) is 1. The van der Waals surface area contributed by atoms with Crippen LogP contribution < -0.4 is 0 Å². The van der Waals surface area contributed by atoms with E-state index in [-0.39, 0.29) is 12.4 Å². The lowest BCUT2D eigenvalue weighted by Gasteiger charge is -2.09. The Kier molecular flexibility index (Phi) is 7.38. The summed E-state index contributed by atoms with van der Waals surface area (Å²) in [6.45, 7) is 2.31. The lowest BCUT2D eigenvalue weighted by atomic mass is 10.4. The molecule has 0 unspecified atom stereocenters. The van der Waals surface area contributed by atoms with Crippen molar-refractivity contribution in [2.45, 2.75) is 6.61 Å². The average molecular weight is 217 g/mol. The van der Waals surface area contributed by atoms with Crippen molar-refractivity contribution in [3.8, 4) is 0 Å². The first-order valence-corrected chi connectivity index (χ1v) is 4.41. The van der Waals surface area contributed by atoms with Gasteiger partial charge in [-0.2, -0.15) is 0 Å². The van der Waals surface area contributed by atoms with Crippen LogP contribution in [-0.4, -0.2) is 37.1 Å². The zero-order chi connectivity index (χ0) is 9.52. The molecule has 1 aromatic heterocycles. The van der Waals surface area contributed by atoms with Gasteiger partial charge < -0.3 is 9.64 Å². The smallest absolute Gasteiger partial charge is 0.0888 e. The van der Waals surface area contributed by atoms with Crippen molar-refractivity contribution in [2.75, 3.05) is 27.2 Å². The van der Waals surface area contributed by atoms with Crippen LogP contribution in [0.3, 0.4) is 0 Å². The molecule has 0 aliphatic carbocycles. The van der Waals surface area contributed by atoms with Crippen molar-refractivity contribution in [1.29, 1.82) is 0 Å². The van der Waals surface area contributed by atoms with Crippen LogP contribution >= 0.6 is 12.4 Å². The summed E-state index contributed by atoms with van der Waals surface area (Å²) < 4.78 is 5.43. The van der Waals surface area contributed by atoms with Crippen LogP contribution in [0.15, 0.2) is 24.4 Å². The minimum Gasteiger partial charge on any atom is -0.374 e. The van der Waals surface area contributed by atoms with Crippen molar-refractivity contribution >= 4 is 12.4 Å². The summed E-state index contributed by atoms with van der Waals surface area (Å²) in [5.74, 6) is 0. The van der Waals surface area contributed by atoms with Gasteiger partial charge >= 0.3 is 0 Å². The topological polar surface area (TPSA) is 25.4 Å². The normalized spacial score (nSPS) is 9.93. The third-order valence-electron chi connectivity index (χ3n) is 1.66. The molecule has 4 heteroatoms. The molecule has 1 rings (SSSR count). The summed E-state index contributed by atoms with van der Waals surface area (Å²) in [6.07, 6.45) is 1.78. The van der Waals surface area contributed by atoms with Gasteiger partial charge in [0.05, 0.1) is 18.9 Å². The van der Waals surface area contributed by atoms with E-state index < -0.39 is 0 Å². The molecule has 0 N–H and O–H groups in total. The minimum atomic E-state index is 0. The van der Waals surface area contributed by atoms with Gasteiger partial charge in [0.1, 0.15) is 0 Å². The molecule has 0 bridgehead atoms. The first kappa shape index (κ1) is 13.4. The van der Waals surface area contributed by atoms with E-state index in [4.69, 9.17) is 4.74 Å². The molecule has 3 nitrogen and oxygen atoms in total. The maximum atomic E-state index is 5.43. The lowest BCUT2D eigenvalue weighted by molar-refractivity contribution is 0.103. The van der Waals surface area contributed by atoms with E-state index in [1.165, 1.54) is 0 Å². The highest BCUT2D eigenvalue weighted by Crippen LogP contribution is 1.95. The van der Waals surface area contributed by atoms with E-state index in [0.717, 1.165) is 18.8 Å². The third kappa shape index (κ3) is 5.91. The standard InChI is InChI=1S/C10H16N2O.ClH/c1-12(2)7-8-13-9-10-5-3-4-6-11-10;/h3-6H,7-9H2,1-2H3;1H. The molecule has 1 heterocycles. The summed E-state index contributed by atoms with van der Waals surface area (Å²) >= 11 is 0. The predicted octanol–water partition coefficient (Wildman–Crippen LogP) is 1.58. The molecule has 0 spiro atoms. The lowest BCUT2D eigenvalue weighted by Crippen LogP contribution is -2.17. The van der Waals surface area contributed by atoms with Crippen molar-refractivity contribution in [3.63, 3.8) is 0 Å². The Balaban J connectivity index is 0.00000169. The van der Waals surface area contributed by atoms with Crippen molar-refractivity contribution in [2.24, 2.45) is 0 Å². The van der Waals surface area contributed by atoms with E-state index in [0.29, 0.717) is 6.61 Å². The highest BCUT2D eigenvalue weighted by molar-refractivity contribution is 5.85. The van der Waals surface area contributed by atoms with E-state index in [1.54, 1.807) is 6.20 Å². The molecule has 0 saturated heterocycles. The number of aromatic nitrogens is 1. The van der Waals surface area contributed by atoms with Gasteiger partial charge in [0.15, 0.2) is 0 Å². The van der Waals surface area contributed by atoms with E-state index in [2.05, 4.69) is 9.88 Å². The van der Waals surface area contributed by atoms with Crippen LogP contribution in [0.5, 0.6) is 0 Å². The number of rotatable bonds is 5. The summed E-state index contributed by atoms with van der Waals surface area (Å²) in [6, 6.07) is 5.84. The molecular weight excluding hydrogens is 200 g/mol. The minimum absolute atomic E-state index is 0. The summed E-state index contributed by atoms with van der Waals surface area (Å²) in [5.41, 5.74) is 0.987. The molecule has 80 valence electrons.